The van der Waals surface area contributed by atoms with Gasteiger partial charge in [-0.25, -0.2) is 0 Å². The van der Waals surface area contributed by atoms with Gasteiger partial charge in [0.1, 0.15) is 0 Å². The van der Waals surface area contributed by atoms with E-state index in [2.05, 4.69) is 111 Å². The Morgan fingerprint density at radius 2 is 1.52 bits per heavy atom. The summed E-state index contributed by atoms with van der Waals surface area (Å²) in [5, 5.41) is 0. The zero-order chi connectivity index (χ0) is 23.2. The monoisotopic (exact) mass is 415 g/mol. The van der Waals surface area contributed by atoms with Crippen molar-refractivity contribution in [2.24, 2.45) is 4.99 Å². The van der Waals surface area contributed by atoms with Gasteiger partial charge in [-0.2, -0.15) is 0 Å². The van der Waals surface area contributed by atoms with E-state index in [0.717, 1.165) is 5.69 Å². The van der Waals surface area contributed by atoms with E-state index in [1.807, 2.05) is 12.3 Å². The van der Waals surface area contributed by atoms with E-state index in [1.165, 1.54) is 46.2 Å². The molecule has 0 aromatic heterocycles. The quantitative estimate of drug-likeness (QED) is 0.434. The molecule has 0 saturated heterocycles. The third kappa shape index (κ3) is 7.35. The minimum Gasteiger partial charge on any atom is -0.256 e. The van der Waals surface area contributed by atoms with Crippen LogP contribution in [0.5, 0.6) is 0 Å². The van der Waals surface area contributed by atoms with Crippen LogP contribution in [0.1, 0.15) is 89.1 Å². The van der Waals surface area contributed by atoms with Crippen molar-refractivity contribution in [3.8, 4) is 0 Å². The van der Waals surface area contributed by atoms with E-state index in [0.29, 0.717) is 0 Å². The minimum absolute atomic E-state index is 0.122. The molecule has 0 fully saturated rings. The molecule has 0 aliphatic heterocycles. The maximum absolute atomic E-state index is 4.76. The van der Waals surface area contributed by atoms with Gasteiger partial charge >= 0.3 is 0 Å². The summed E-state index contributed by atoms with van der Waals surface area (Å²) in [6.45, 7) is 20.1. The van der Waals surface area contributed by atoms with Gasteiger partial charge < -0.3 is 0 Å². The fourth-order valence-electron chi connectivity index (χ4n) is 3.67. The van der Waals surface area contributed by atoms with Crippen molar-refractivity contribution in [2.75, 3.05) is 0 Å². The first-order valence-electron chi connectivity index (χ1n) is 11.5. The van der Waals surface area contributed by atoms with Gasteiger partial charge in [0.2, 0.25) is 0 Å². The second-order valence-corrected chi connectivity index (χ2v) is 10.7. The molecule has 2 aromatic carbocycles. The average Bonchev–Trinajstić information content (AvgIpc) is 2.67. The predicted molar refractivity (Wildman–Crippen MR) is 139 cm³/mol. The van der Waals surface area contributed by atoms with Crippen LogP contribution < -0.4 is 0 Å². The topological polar surface area (TPSA) is 12.4 Å². The zero-order valence-corrected chi connectivity index (χ0v) is 21.1. The Hall–Kier alpha value is -2.41. The molecule has 0 radical (unpaired) electrons. The van der Waals surface area contributed by atoms with Gasteiger partial charge in [-0.3, -0.25) is 4.99 Å². The molecule has 166 valence electrons. The Labute approximate surface area is 191 Å². The van der Waals surface area contributed by atoms with Gasteiger partial charge in [0.25, 0.3) is 0 Å². The fraction of sp³-hybridized carbons (Fsp3) is 0.433. The molecule has 1 heteroatoms. The van der Waals surface area contributed by atoms with E-state index in [9.17, 15) is 0 Å². The van der Waals surface area contributed by atoms with Gasteiger partial charge in [0.05, 0.1) is 5.69 Å². The normalized spacial score (nSPS) is 14.3. The lowest BCUT2D eigenvalue weighted by Crippen LogP contribution is -2.19. The standard InChI is InChI=1S/C23H31N.C7H10/c1-16-11-9-10-12-21(16)24-15-18-13-19(22(3,4)5)14-20(17(18)2)23(6,7)8;1-7-5-3-2-4-6-7/h9-15H,1-8H3;3,5-6H,2,4H2,1H3. The Morgan fingerprint density at radius 3 is 2.00 bits per heavy atom. The van der Waals surface area contributed by atoms with Crippen LogP contribution in [-0.4, -0.2) is 6.21 Å². The second kappa shape index (κ2) is 10.3. The lowest BCUT2D eigenvalue weighted by atomic mass is 9.77. The van der Waals surface area contributed by atoms with Crippen molar-refractivity contribution in [1.82, 2.24) is 0 Å². The van der Waals surface area contributed by atoms with Crippen molar-refractivity contribution in [3.05, 3.63) is 88.0 Å². The van der Waals surface area contributed by atoms with E-state index in [-0.39, 0.29) is 10.8 Å². The Kier molecular flexibility index (Phi) is 8.23. The molecule has 0 atom stereocenters. The van der Waals surface area contributed by atoms with Crippen LogP contribution in [0.3, 0.4) is 0 Å². The van der Waals surface area contributed by atoms with Gasteiger partial charge in [0.15, 0.2) is 0 Å². The third-order valence-corrected chi connectivity index (χ3v) is 5.76. The van der Waals surface area contributed by atoms with Crippen molar-refractivity contribution in [2.45, 2.75) is 86.0 Å². The summed E-state index contributed by atoms with van der Waals surface area (Å²) >= 11 is 0. The van der Waals surface area contributed by atoms with Crippen LogP contribution >= 0.6 is 0 Å². The summed E-state index contributed by atoms with van der Waals surface area (Å²) < 4.78 is 0. The number of rotatable bonds is 2. The van der Waals surface area contributed by atoms with Crippen molar-refractivity contribution < 1.29 is 0 Å². The second-order valence-electron chi connectivity index (χ2n) is 10.7. The summed E-state index contributed by atoms with van der Waals surface area (Å²) in [5.41, 5.74) is 9.21. The molecule has 3 rings (SSSR count). The highest BCUT2D eigenvalue weighted by molar-refractivity contribution is 5.85. The number of aryl methyl sites for hydroxylation is 1. The van der Waals surface area contributed by atoms with Crippen LogP contribution in [0, 0.1) is 13.8 Å². The summed E-state index contributed by atoms with van der Waals surface area (Å²) in [6, 6.07) is 12.9. The van der Waals surface area contributed by atoms with E-state index >= 15 is 0 Å². The van der Waals surface area contributed by atoms with Crippen LogP contribution in [0.2, 0.25) is 0 Å². The van der Waals surface area contributed by atoms with Crippen LogP contribution in [0.15, 0.2) is 65.2 Å². The number of aliphatic imine (C=N–C) groups is 1. The SMILES string of the molecule is CC1=CCCC=C1.Cc1ccccc1N=Cc1cc(C(C)(C)C)cc(C(C)(C)C)c1C. The number of allylic oxidation sites excluding steroid dienone is 4. The number of hydrogen-bond donors (Lipinski definition) is 0. The van der Waals surface area contributed by atoms with Gasteiger partial charge in [-0.1, -0.05) is 89.6 Å². The molecular formula is C30H41N. The lowest BCUT2D eigenvalue weighted by Gasteiger charge is -2.28. The Balaban J connectivity index is 0.000000412. The minimum atomic E-state index is 0.122. The number of nitrogens with zero attached hydrogens (tertiary/aromatic N) is 1. The summed E-state index contributed by atoms with van der Waals surface area (Å²) in [6.07, 6.45) is 11.2. The largest absolute Gasteiger partial charge is 0.256 e. The number of para-hydroxylation sites is 1. The first-order valence-corrected chi connectivity index (χ1v) is 11.5. The maximum atomic E-state index is 4.76. The van der Waals surface area contributed by atoms with E-state index in [1.54, 1.807) is 0 Å². The molecule has 0 spiro atoms. The molecule has 2 aromatic rings. The fourth-order valence-corrected chi connectivity index (χ4v) is 3.67. The molecule has 0 heterocycles. The van der Waals surface area contributed by atoms with Gasteiger partial charge in [-0.15, -0.1) is 0 Å². The molecule has 0 bridgehead atoms. The molecule has 31 heavy (non-hydrogen) atoms. The number of hydrogen-bond acceptors (Lipinski definition) is 1. The molecule has 1 aliphatic rings. The molecule has 1 nitrogen and oxygen atoms in total. The predicted octanol–water partition coefficient (Wildman–Crippen LogP) is 8.93. The Bertz CT molecular complexity index is 972. The zero-order valence-electron chi connectivity index (χ0n) is 21.1. The van der Waals surface area contributed by atoms with E-state index in [4.69, 9.17) is 4.99 Å². The molecule has 0 unspecified atom stereocenters. The van der Waals surface area contributed by atoms with Crippen molar-refractivity contribution in [3.63, 3.8) is 0 Å². The van der Waals surface area contributed by atoms with E-state index < -0.39 is 0 Å². The highest BCUT2D eigenvalue weighted by Gasteiger charge is 2.22. The third-order valence-electron chi connectivity index (χ3n) is 5.76. The molecule has 0 amide bonds. The van der Waals surface area contributed by atoms with Crippen LogP contribution in [0.25, 0.3) is 0 Å². The molecular weight excluding hydrogens is 374 g/mol. The van der Waals surface area contributed by atoms with Crippen LogP contribution in [-0.2, 0) is 10.8 Å². The van der Waals surface area contributed by atoms with Gasteiger partial charge in [0, 0.05) is 6.21 Å². The maximum Gasteiger partial charge on any atom is 0.0659 e. The molecule has 0 N–H and O–H groups in total. The van der Waals surface area contributed by atoms with Gasteiger partial charge in [-0.05, 0) is 84.4 Å². The molecule has 1 aliphatic carbocycles. The van der Waals surface area contributed by atoms with Crippen molar-refractivity contribution in [1.29, 1.82) is 0 Å². The smallest absolute Gasteiger partial charge is 0.0659 e. The summed E-state index contributed by atoms with van der Waals surface area (Å²) in [7, 11) is 0. The number of benzene rings is 2. The highest BCUT2D eigenvalue weighted by Crippen LogP contribution is 2.33. The molecule has 0 saturated carbocycles. The summed E-state index contributed by atoms with van der Waals surface area (Å²) in [5.74, 6) is 0. The Morgan fingerprint density at radius 1 is 0.839 bits per heavy atom. The first kappa shape index (κ1) is 24.9. The van der Waals surface area contributed by atoms with Crippen LogP contribution in [0.4, 0.5) is 5.69 Å². The lowest BCUT2D eigenvalue weighted by molar-refractivity contribution is 0.565. The average molecular weight is 416 g/mol. The van der Waals surface area contributed by atoms with Crippen molar-refractivity contribution >= 4 is 11.9 Å². The highest BCUT2D eigenvalue weighted by atomic mass is 14.7. The first-order chi connectivity index (χ1) is 14.4. The summed E-state index contributed by atoms with van der Waals surface area (Å²) in [4.78, 5) is 4.76.